The molecule has 0 radical (unpaired) electrons. The maximum absolute atomic E-state index is 13.6. The lowest BCUT2D eigenvalue weighted by Gasteiger charge is -2.12. The molecule has 0 bridgehead atoms. The second kappa shape index (κ2) is 5.56. The highest BCUT2D eigenvalue weighted by Crippen LogP contribution is 2.49. The number of carbonyl (C=O) groups is 2. The number of nitrogens with one attached hydrogen (secondary N) is 1. The molecule has 2 rings (SSSR count). The fourth-order valence-corrected chi connectivity index (χ4v) is 2.29. The topological polar surface area (TPSA) is 66.4 Å². The number of hydrogen-bond acceptors (Lipinski definition) is 2. The van der Waals surface area contributed by atoms with Crippen molar-refractivity contribution in [3.63, 3.8) is 0 Å². The third-order valence-corrected chi connectivity index (χ3v) is 3.52. The Morgan fingerprint density at radius 1 is 1.40 bits per heavy atom. The van der Waals surface area contributed by atoms with Crippen molar-refractivity contribution in [2.75, 3.05) is 0 Å². The Hall–Kier alpha value is -1.98. The molecule has 0 spiro atoms. The third kappa shape index (κ3) is 2.79. The molecule has 1 amide bonds. The van der Waals surface area contributed by atoms with E-state index in [0.29, 0.717) is 6.42 Å². The fraction of sp³-hybridized carbons (Fsp3) is 0.429. The Balaban J connectivity index is 2.05. The summed E-state index contributed by atoms with van der Waals surface area (Å²) in [6, 6.07) is 2.60. The van der Waals surface area contributed by atoms with Crippen LogP contribution in [0.1, 0.15) is 31.2 Å². The van der Waals surface area contributed by atoms with Gasteiger partial charge < -0.3 is 10.4 Å². The van der Waals surface area contributed by atoms with Crippen molar-refractivity contribution in [2.24, 2.45) is 5.92 Å². The maximum Gasteiger partial charge on any atom is 0.326 e. The second-order valence-corrected chi connectivity index (χ2v) is 4.89. The molecule has 0 saturated heterocycles. The summed E-state index contributed by atoms with van der Waals surface area (Å²) < 4.78 is 27.1. The summed E-state index contributed by atoms with van der Waals surface area (Å²) >= 11 is 0. The molecule has 108 valence electrons. The van der Waals surface area contributed by atoms with Gasteiger partial charge in [0.1, 0.15) is 17.7 Å². The highest BCUT2D eigenvalue weighted by atomic mass is 19.1. The van der Waals surface area contributed by atoms with Crippen molar-refractivity contribution < 1.29 is 23.5 Å². The molecule has 3 unspecified atom stereocenters. The van der Waals surface area contributed by atoms with Gasteiger partial charge in [-0.3, -0.25) is 4.79 Å². The number of halogens is 2. The number of carboxylic acids is 1. The molecule has 1 aromatic carbocycles. The van der Waals surface area contributed by atoms with Gasteiger partial charge >= 0.3 is 5.97 Å². The van der Waals surface area contributed by atoms with Crippen LogP contribution in [-0.4, -0.2) is 23.0 Å². The SMILES string of the molecule is CCC(NC(=O)C1CC1c1c(F)cccc1F)C(=O)O. The molecule has 1 fully saturated rings. The van der Waals surface area contributed by atoms with Gasteiger partial charge in [0.25, 0.3) is 0 Å². The van der Waals surface area contributed by atoms with E-state index in [1.165, 1.54) is 6.07 Å². The summed E-state index contributed by atoms with van der Waals surface area (Å²) in [5.41, 5.74) is -0.0870. The van der Waals surface area contributed by atoms with Crippen molar-refractivity contribution in [1.82, 2.24) is 5.32 Å². The molecule has 2 N–H and O–H groups in total. The zero-order valence-corrected chi connectivity index (χ0v) is 10.9. The normalized spacial score (nSPS) is 22.1. The van der Waals surface area contributed by atoms with Crippen molar-refractivity contribution in [3.8, 4) is 0 Å². The number of benzene rings is 1. The predicted molar refractivity (Wildman–Crippen MR) is 67.1 cm³/mol. The molecule has 0 heterocycles. The van der Waals surface area contributed by atoms with Crippen molar-refractivity contribution >= 4 is 11.9 Å². The summed E-state index contributed by atoms with van der Waals surface area (Å²) in [6.45, 7) is 1.64. The standard InChI is InChI=1S/C14H15F2NO3/c1-2-11(14(19)20)17-13(18)8-6-7(8)12-9(15)4-3-5-10(12)16/h3-5,7-8,11H,2,6H2,1H3,(H,17,18)(H,19,20). The molecule has 1 saturated carbocycles. The van der Waals surface area contributed by atoms with Gasteiger partial charge in [0.15, 0.2) is 0 Å². The lowest BCUT2D eigenvalue weighted by Crippen LogP contribution is -2.41. The van der Waals surface area contributed by atoms with Crippen LogP contribution in [-0.2, 0) is 9.59 Å². The van der Waals surface area contributed by atoms with Crippen LogP contribution in [0.2, 0.25) is 0 Å². The van der Waals surface area contributed by atoms with E-state index in [0.717, 1.165) is 12.1 Å². The Morgan fingerprint density at radius 2 is 2.00 bits per heavy atom. The van der Waals surface area contributed by atoms with Gasteiger partial charge in [-0.15, -0.1) is 0 Å². The molecule has 3 atom stereocenters. The Labute approximate surface area is 114 Å². The molecule has 0 aromatic heterocycles. The molecule has 6 heteroatoms. The highest BCUT2D eigenvalue weighted by Gasteiger charge is 2.47. The minimum atomic E-state index is -1.12. The number of rotatable bonds is 5. The van der Waals surface area contributed by atoms with Crippen LogP contribution >= 0.6 is 0 Å². The predicted octanol–water partition coefficient (Wildman–Crippen LogP) is 2.05. The monoisotopic (exact) mass is 283 g/mol. The minimum absolute atomic E-state index is 0.0870. The van der Waals surface area contributed by atoms with E-state index in [4.69, 9.17) is 5.11 Å². The zero-order valence-electron chi connectivity index (χ0n) is 10.9. The maximum atomic E-state index is 13.6. The summed E-state index contributed by atoms with van der Waals surface area (Å²) in [5.74, 6) is -3.99. The molecule has 4 nitrogen and oxygen atoms in total. The van der Waals surface area contributed by atoms with Gasteiger partial charge in [-0.25, -0.2) is 13.6 Å². The number of carboxylic acid groups (broad SMARTS) is 1. The first-order chi connectivity index (χ1) is 9.45. The Kier molecular flexibility index (Phi) is 4.01. The van der Waals surface area contributed by atoms with Gasteiger partial charge in [-0.05, 0) is 25.0 Å². The van der Waals surface area contributed by atoms with Crippen LogP contribution < -0.4 is 5.32 Å². The number of carbonyl (C=O) groups excluding carboxylic acids is 1. The zero-order chi connectivity index (χ0) is 14.9. The van der Waals surface area contributed by atoms with Gasteiger partial charge in [0.2, 0.25) is 5.91 Å². The molecule has 0 aliphatic heterocycles. The highest BCUT2D eigenvalue weighted by molar-refractivity contribution is 5.87. The Morgan fingerprint density at radius 3 is 2.50 bits per heavy atom. The number of hydrogen-bond donors (Lipinski definition) is 2. The van der Waals surface area contributed by atoms with E-state index in [1.54, 1.807) is 6.92 Å². The van der Waals surface area contributed by atoms with E-state index in [-0.39, 0.29) is 12.0 Å². The van der Waals surface area contributed by atoms with Crippen LogP contribution in [0.4, 0.5) is 8.78 Å². The van der Waals surface area contributed by atoms with Gasteiger partial charge in [-0.2, -0.15) is 0 Å². The molecular formula is C14H15F2NO3. The first-order valence-electron chi connectivity index (χ1n) is 6.42. The van der Waals surface area contributed by atoms with E-state index >= 15 is 0 Å². The van der Waals surface area contributed by atoms with E-state index in [1.807, 2.05) is 0 Å². The van der Waals surface area contributed by atoms with E-state index in [9.17, 15) is 18.4 Å². The van der Waals surface area contributed by atoms with Crippen molar-refractivity contribution in [1.29, 1.82) is 0 Å². The Bertz CT molecular complexity index is 527. The second-order valence-electron chi connectivity index (χ2n) is 4.89. The third-order valence-electron chi connectivity index (χ3n) is 3.52. The first-order valence-corrected chi connectivity index (χ1v) is 6.42. The molecule has 1 aliphatic carbocycles. The summed E-state index contributed by atoms with van der Waals surface area (Å²) in [6.07, 6.45) is 0.590. The number of amides is 1. The average molecular weight is 283 g/mol. The largest absolute Gasteiger partial charge is 0.480 e. The molecule has 1 aliphatic rings. The van der Waals surface area contributed by atoms with Gasteiger partial charge in [-0.1, -0.05) is 13.0 Å². The summed E-state index contributed by atoms with van der Waals surface area (Å²) in [4.78, 5) is 22.7. The molecule has 20 heavy (non-hydrogen) atoms. The van der Waals surface area contributed by atoms with E-state index < -0.39 is 41.4 Å². The number of aliphatic carboxylic acids is 1. The van der Waals surface area contributed by atoms with Crippen LogP contribution in [0.5, 0.6) is 0 Å². The fourth-order valence-electron chi connectivity index (χ4n) is 2.29. The summed E-state index contributed by atoms with van der Waals surface area (Å²) in [7, 11) is 0. The van der Waals surface area contributed by atoms with Gasteiger partial charge in [0.05, 0.1) is 0 Å². The first kappa shape index (κ1) is 14.4. The lowest BCUT2D eigenvalue weighted by atomic mass is 10.1. The van der Waals surface area contributed by atoms with E-state index in [2.05, 4.69) is 5.32 Å². The molecular weight excluding hydrogens is 268 g/mol. The van der Waals surface area contributed by atoms with Crippen LogP contribution in [0.15, 0.2) is 18.2 Å². The molecule has 1 aromatic rings. The van der Waals surface area contributed by atoms with Crippen LogP contribution in [0, 0.1) is 17.6 Å². The minimum Gasteiger partial charge on any atom is -0.480 e. The summed E-state index contributed by atoms with van der Waals surface area (Å²) in [5, 5.41) is 11.2. The smallest absolute Gasteiger partial charge is 0.326 e. The van der Waals surface area contributed by atoms with Crippen molar-refractivity contribution in [3.05, 3.63) is 35.4 Å². The van der Waals surface area contributed by atoms with Gasteiger partial charge in [0, 0.05) is 17.4 Å². The van der Waals surface area contributed by atoms with Crippen molar-refractivity contribution in [2.45, 2.75) is 31.7 Å². The lowest BCUT2D eigenvalue weighted by molar-refractivity contribution is -0.142. The van der Waals surface area contributed by atoms with Crippen LogP contribution in [0.3, 0.4) is 0 Å². The quantitative estimate of drug-likeness (QED) is 0.869. The van der Waals surface area contributed by atoms with Crippen LogP contribution in [0.25, 0.3) is 0 Å². The average Bonchev–Trinajstić information content (AvgIpc) is 3.15.